The maximum absolute atomic E-state index is 11.0. The second-order valence-corrected chi connectivity index (χ2v) is 10.3. The summed E-state index contributed by atoms with van der Waals surface area (Å²) in [7, 11) is 0. The van der Waals surface area contributed by atoms with Crippen LogP contribution in [0, 0.1) is 0 Å². The van der Waals surface area contributed by atoms with Crippen LogP contribution in [0.4, 0.5) is 0 Å². The number of unbranched alkanes of at least 4 members (excludes halogenated alkanes) is 11. The third kappa shape index (κ3) is 22.6. The number of carbonyl (C=O) groups excluding carboxylic acids is 1. The van der Waals surface area contributed by atoms with E-state index in [1.54, 1.807) is 0 Å². The van der Waals surface area contributed by atoms with Gasteiger partial charge in [0.05, 0.1) is 39.0 Å². The molecule has 0 bridgehead atoms. The third-order valence-electron chi connectivity index (χ3n) is 6.95. The standard InChI is InChI=1S/C29H53NO6/c1-2-3-4-5-6-7-8-9-10-11-12-13-14-15-16-23-30(24-17-20-27(31)32,25-18-21-28(33)34)26-19-22-29(35)36/h9-10H,2-8,11-26H2,1H3,(H2-,31,32,33,34,35,36)/b10-9+. The molecular weight excluding hydrogens is 458 g/mol. The van der Waals surface area contributed by atoms with E-state index < -0.39 is 17.9 Å². The van der Waals surface area contributed by atoms with Crippen molar-refractivity contribution in [2.45, 2.75) is 129 Å². The molecule has 0 aliphatic rings. The van der Waals surface area contributed by atoms with E-state index in [0.29, 0.717) is 43.4 Å². The van der Waals surface area contributed by atoms with Crippen LogP contribution in [-0.2, 0) is 14.4 Å². The van der Waals surface area contributed by atoms with E-state index in [1.807, 2.05) is 0 Å². The molecule has 36 heavy (non-hydrogen) atoms. The summed E-state index contributed by atoms with van der Waals surface area (Å²) in [6.07, 6.45) is 22.2. The fourth-order valence-corrected chi connectivity index (χ4v) is 4.88. The van der Waals surface area contributed by atoms with Crippen LogP contribution in [0.5, 0.6) is 0 Å². The summed E-state index contributed by atoms with van der Waals surface area (Å²) in [5.74, 6) is -2.76. The number of carboxylic acids is 3. The Bertz CT molecular complexity index is 554. The fraction of sp³-hybridized carbons (Fsp3) is 0.828. The Balaban J connectivity index is 4.37. The van der Waals surface area contributed by atoms with Crippen molar-refractivity contribution < 1.29 is 34.2 Å². The Kier molecular flexibility index (Phi) is 22.3. The van der Waals surface area contributed by atoms with Crippen LogP contribution in [0.2, 0.25) is 0 Å². The molecule has 0 amide bonds. The van der Waals surface area contributed by atoms with Crippen molar-refractivity contribution in [3.05, 3.63) is 12.2 Å². The van der Waals surface area contributed by atoms with Crippen LogP contribution >= 0.6 is 0 Å². The zero-order valence-corrected chi connectivity index (χ0v) is 22.9. The normalized spacial score (nSPS) is 11.8. The molecule has 0 saturated heterocycles. The van der Waals surface area contributed by atoms with Crippen molar-refractivity contribution in [1.29, 1.82) is 0 Å². The molecule has 0 aromatic carbocycles. The van der Waals surface area contributed by atoms with Crippen LogP contribution in [0.1, 0.15) is 129 Å². The number of carboxylic acid groups (broad SMARTS) is 3. The zero-order chi connectivity index (χ0) is 26.9. The number of rotatable bonds is 27. The molecule has 0 saturated carbocycles. The second-order valence-electron chi connectivity index (χ2n) is 10.3. The van der Waals surface area contributed by atoms with Gasteiger partial charge in [-0.2, -0.15) is 0 Å². The molecule has 0 aliphatic carbocycles. The minimum Gasteiger partial charge on any atom is -0.550 e. The fourth-order valence-electron chi connectivity index (χ4n) is 4.88. The van der Waals surface area contributed by atoms with Crippen molar-refractivity contribution in [3.8, 4) is 0 Å². The molecule has 210 valence electrons. The number of aliphatic carboxylic acids is 3. The van der Waals surface area contributed by atoms with Crippen molar-refractivity contribution in [2.75, 3.05) is 26.2 Å². The van der Waals surface area contributed by atoms with Gasteiger partial charge >= 0.3 is 11.9 Å². The van der Waals surface area contributed by atoms with Gasteiger partial charge in [0.1, 0.15) is 0 Å². The zero-order valence-electron chi connectivity index (χ0n) is 22.9. The lowest BCUT2D eigenvalue weighted by atomic mass is 10.1. The monoisotopic (exact) mass is 511 g/mol. The summed E-state index contributed by atoms with van der Waals surface area (Å²) >= 11 is 0. The van der Waals surface area contributed by atoms with E-state index in [9.17, 15) is 19.5 Å². The second kappa shape index (κ2) is 23.5. The van der Waals surface area contributed by atoms with Crippen LogP contribution in [-0.4, -0.2) is 58.8 Å². The SMILES string of the molecule is CCCCCCCC/C=C/CCCCCCC[N+](CCCC(=O)[O-])(CCCC(=O)O)CCCC(=O)O. The van der Waals surface area contributed by atoms with E-state index in [-0.39, 0.29) is 19.3 Å². The average Bonchev–Trinajstić information content (AvgIpc) is 2.80. The van der Waals surface area contributed by atoms with E-state index in [4.69, 9.17) is 10.2 Å². The number of carbonyl (C=O) groups is 3. The van der Waals surface area contributed by atoms with Gasteiger partial charge in [0.15, 0.2) is 0 Å². The Morgan fingerprint density at radius 3 is 1.42 bits per heavy atom. The van der Waals surface area contributed by atoms with Gasteiger partial charge < -0.3 is 24.6 Å². The molecule has 0 heterocycles. The first-order valence-electron chi connectivity index (χ1n) is 14.4. The van der Waals surface area contributed by atoms with Crippen molar-refractivity contribution in [3.63, 3.8) is 0 Å². The quantitative estimate of drug-likeness (QED) is 0.0829. The van der Waals surface area contributed by atoms with Gasteiger partial charge in [-0.05, 0) is 44.9 Å². The summed E-state index contributed by atoms with van der Waals surface area (Å²) in [6, 6.07) is 0. The minimum absolute atomic E-state index is 0.0236. The van der Waals surface area contributed by atoms with Crippen molar-refractivity contribution in [2.24, 2.45) is 0 Å². The van der Waals surface area contributed by atoms with E-state index >= 15 is 0 Å². The third-order valence-corrected chi connectivity index (χ3v) is 6.95. The largest absolute Gasteiger partial charge is 0.550 e. The van der Waals surface area contributed by atoms with Crippen LogP contribution < -0.4 is 5.11 Å². The van der Waals surface area contributed by atoms with E-state index in [1.165, 1.54) is 57.8 Å². The highest BCUT2D eigenvalue weighted by atomic mass is 16.4. The van der Waals surface area contributed by atoms with Crippen LogP contribution in [0.3, 0.4) is 0 Å². The van der Waals surface area contributed by atoms with Crippen LogP contribution in [0.15, 0.2) is 12.2 Å². The molecule has 0 aromatic rings. The lowest BCUT2D eigenvalue weighted by Gasteiger charge is -2.39. The molecule has 0 unspecified atom stereocenters. The lowest BCUT2D eigenvalue weighted by molar-refractivity contribution is -0.929. The summed E-state index contributed by atoms with van der Waals surface area (Å²) in [4.78, 5) is 33.0. The van der Waals surface area contributed by atoms with Gasteiger partial charge in [-0.3, -0.25) is 9.59 Å². The summed E-state index contributed by atoms with van der Waals surface area (Å²) < 4.78 is 0.606. The molecule has 0 radical (unpaired) electrons. The Morgan fingerprint density at radius 1 is 0.583 bits per heavy atom. The highest BCUT2D eigenvalue weighted by molar-refractivity contribution is 5.66. The highest BCUT2D eigenvalue weighted by Crippen LogP contribution is 2.18. The number of hydrogen-bond acceptors (Lipinski definition) is 4. The Morgan fingerprint density at radius 2 is 0.972 bits per heavy atom. The molecule has 0 aliphatic heterocycles. The van der Waals surface area contributed by atoms with Gasteiger partial charge in [-0.1, -0.05) is 64.0 Å². The summed E-state index contributed by atoms with van der Waals surface area (Å²) in [5.41, 5.74) is 0. The van der Waals surface area contributed by atoms with Gasteiger partial charge in [0, 0.05) is 25.2 Å². The molecule has 0 spiro atoms. The van der Waals surface area contributed by atoms with Gasteiger partial charge in [-0.15, -0.1) is 0 Å². The van der Waals surface area contributed by atoms with Gasteiger partial charge in [-0.25, -0.2) is 0 Å². The number of allylic oxidation sites excluding steroid dienone is 2. The number of nitrogens with zero attached hydrogens (tertiary/aromatic N) is 1. The maximum Gasteiger partial charge on any atom is 0.303 e. The molecule has 0 rings (SSSR count). The number of quaternary nitrogens is 1. The first-order chi connectivity index (χ1) is 17.3. The average molecular weight is 512 g/mol. The molecule has 2 N–H and O–H groups in total. The molecule has 0 atom stereocenters. The van der Waals surface area contributed by atoms with Crippen molar-refractivity contribution >= 4 is 17.9 Å². The predicted molar refractivity (Wildman–Crippen MR) is 143 cm³/mol. The van der Waals surface area contributed by atoms with Crippen LogP contribution in [0.25, 0.3) is 0 Å². The van der Waals surface area contributed by atoms with Gasteiger partial charge in [0.2, 0.25) is 0 Å². The highest BCUT2D eigenvalue weighted by Gasteiger charge is 2.26. The molecule has 7 nitrogen and oxygen atoms in total. The topological polar surface area (TPSA) is 115 Å². The lowest BCUT2D eigenvalue weighted by Crippen LogP contribution is -2.51. The number of hydrogen-bond donors (Lipinski definition) is 2. The minimum atomic E-state index is -1.08. The molecule has 7 heteroatoms. The summed E-state index contributed by atoms with van der Waals surface area (Å²) in [5, 5.41) is 29.0. The maximum atomic E-state index is 11.0. The van der Waals surface area contributed by atoms with E-state index in [2.05, 4.69) is 19.1 Å². The Hall–Kier alpha value is -1.89. The van der Waals surface area contributed by atoms with E-state index in [0.717, 1.165) is 32.2 Å². The summed E-state index contributed by atoms with van der Waals surface area (Å²) in [6.45, 7) is 4.99. The first-order valence-corrected chi connectivity index (χ1v) is 14.4. The predicted octanol–water partition coefficient (Wildman–Crippen LogP) is 5.71. The Labute approximate surface area is 219 Å². The molecular formula is C29H53NO6. The van der Waals surface area contributed by atoms with Gasteiger partial charge in [0.25, 0.3) is 0 Å². The smallest absolute Gasteiger partial charge is 0.303 e. The first kappa shape index (κ1) is 34.1. The molecule has 0 fully saturated rings. The van der Waals surface area contributed by atoms with Crippen molar-refractivity contribution in [1.82, 2.24) is 0 Å². The molecule has 0 aromatic heterocycles.